The lowest BCUT2D eigenvalue weighted by atomic mass is 10.1. The maximum atomic E-state index is 12.5. The molecule has 1 amide bonds. The molecule has 1 heterocycles. The van der Waals surface area contributed by atoms with Gasteiger partial charge in [0.05, 0.1) is 27.2 Å². The molecular weight excluding hydrogens is 504 g/mol. The number of carbonyl (C=O) groups excluding carboxylic acids is 3. The predicted octanol–water partition coefficient (Wildman–Crippen LogP) is 3.25. The molecule has 1 unspecified atom stereocenters. The number of ether oxygens (including phenoxy) is 4. The number of aliphatic hydroxyl groups excluding tert-OH is 1. The zero-order chi connectivity index (χ0) is 28.2. The summed E-state index contributed by atoms with van der Waals surface area (Å²) in [7, 11) is 2.95. The van der Waals surface area contributed by atoms with E-state index in [1.54, 1.807) is 53.5 Å². The standard InChI is InChI=1S/C29H34N2O8/c1-36-27-16-20(7-11-25(27)38-15-14-32)5-9-23(33)18-24(34)10-6-21-8-12-26(28(17-21)37-2)39-29(35)31-13-3-4-22(30)19-31/h5-12,16-17,22,32H,3-4,13-15,18-19,30H2,1-2H3. The number of carbonyl (C=O) groups is 3. The van der Waals surface area contributed by atoms with Gasteiger partial charge in [0, 0.05) is 19.1 Å². The third kappa shape index (κ3) is 8.98. The Labute approximate surface area is 227 Å². The molecule has 3 N–H and O–H groups in total. The maximum Gasteiger partial charge on any atom is 0.415 e. The van der Waals surface area contributed by atoms with E-state index in [1.807, 2.05) is 0 Å². The summed E-state index contributed by atoms with van der Waals surface area (Å²) in [6.07, 6.45) is 6.71. The van der Waals surface area contributed by atoms with Crippen LogP contribution in [0.2, 0.25) is 0 Å². The number of nitrogens with zero attached hydrogens (tertiary/aromatic N) is 1. The molecule has 39 heavy (non-hydrogen) atoms. The highest BCUT2D eigenvalue weighted by atomic mass is 16.6. The number of rotatable bonds is 12. The molecule has 2 aromatic carbocycles. The van der Waals surface area contributed by atoms with E-state index in [2.05, 4.69) is 0 Å². The van der Waals surface area contributed by atoms with Gasteiger partial charge in [0.1, 0.15) is 6.61 Å². The SMILES string of the molecule is COc1cc(C=CC(=O)CC(=O)C=Cc2ccc(OC(=O)N3CCCC(N)C3)c(OC)c2)ccc1OCCO. The van der Waals surface area contributed by atoms with Crippen LogP contribution in [0.15, 0.2) is 48.6 Å². The van der Waals surface area contributed by atoms with Crippen LogP contribution in [0.4, 0.5) is 4.79 Å². The predicted molar refractivity (Wildman–Crippen MR) is 146 cm³/mol. The molecule has 1 atom stereocenters. The van der Waals surface area contributed by atoms with Gasteiger partial charge in [0.25, 0.3) is 0 Å². The summed E-state index contributed by atoms with van der Waals surface area (Å²) in [5, 5.41) is 8.90. The number of benzene rings is 2. The smallest absolute Gasteiger partial charge is 0.415 e. The monoisotopic (exact) mass is 538 g/mol. The van der Waals surface area contributed by atoms with Gasteiger partial charge in [-0.25, -0.2) is 4.79 Å². The van der Waals surface area contributed by atoms with Crippen molar-refractivity contribution in [1.29, 1.82) is 0 Å². The molecule has 208 valence electrons. The Morgan fingerprint density at radius 1 is 0.949 bits per heavy atom. The van der Waals surface area contributed by atoms with E-state index in [1.165, 1.54) is 26.4 Å². The highest BCUT2D eigenvalue weighted by Gasteiger charge is 2.23. The van der Waals surface area contributed by atoms with Crippen LogP contribution in [0.3, 0.4) is 0 Å². The third-order valence-electron chi connectivity index (χ3n) is 5.91. The van der Waals surface area contributed by atoms with Gasteiger partial charge < -0.3 is 34.7 Å². The Kier molecular flexibility index (Phi) is 11.1. The number of amides is 1. The van der Waals surface area contributed by atoms with Crippen molar-refractivity contribution >= 4 is 29.8 Å². The van der Waals surface area contributed by atoms with Gasteiger partial charge in [-0.2, -0.15) is 0 Å². The van der Waals surface area contributed by atoms with Gasteiger partial charge in [-0.05, 0) is 60.4 Å². The molecule has 0 radical (unpaired) electrons. The second kappa shape index (κ2) is 14.7. The number of likely N-dealkylation sites (tertiary alicyclic amines) is 1. The fraction of sp³-hybridized carbons (Fsp3) is 0.345. The van der Waals surface area contributed by atoms with Crippen molar-refractivity contribution in [1.82, 2.24) is 4.90 Å². The molecule has 3 rings (SSSR count). The fourth-order valence-electron chi connectivity index (χ4n) is 3.94. The second-order valence-corrected chi connectivity index (χ2v) is 8.89. The molecule has 0 aromatic heterocycles. The van der Waals surface area contributed by atoms with E-state index in [-0.39, 0.29) is 43.0 Å². The summed E-state index contributed by atoms with van der Waals surface area (Å²) in [5.74, 6) is 0.804. The summed E-state index contributed by atoms with van der Waals surface area (Å²) < 4.78 is 21.5. The molecule has 0 saturated carbocycles. The quantitative estimate of drug-likeness (QED) is 0.308. The molecule has 10 heteroatoms. The maximum absolute atomic E-state index is 12.5. The zero-order valence-electron chi connectivity index (χ0n) is 22.1. The van der Waals surface area contributed by atoms with E-state index in [4.69, 9.17) is 29.8 Å². The summed E-state index contributed by atoms with van der Waals surface area (Å²) in [4.78, 5) is 38.7. The van der Waals surface area contributed by atoms with Gasteiger partial charge in [0.2, 0.25) is 0 Å². The average molecular weight is 539 g/mol. The molecule has 2 aromatic rings. The molecule has 0 aliphatic carbocycles. The van der Waals surface area contributed by atoms with Gasteiger partial charge in [-0.15, -0.1) is 0 Å². The molecule has 10 nitrogen and oxygen atoms in total. The molecule has 1 saturated heterocycles. The van der Waals surface area contributed by atoms with Crippen LogP contribution in [0.5, 0.6) is 23.0 Å². The van der Waals surface area contributed by atoms with Crippen molar-refractivity contribution in [3.05, 3.63) is 59.7 Å². The van der Waals surface area contributed by atoms with Crippen LogP contribution in [0, 0.1) is 0 Å². The van der Waals surface area contributed by atoms with Gasteiger partial charge in [-0.3, -0.25) is 9.59 Å². The molecule has 0 bridgehead atoms. The molecule has 1 fully saturated rings. The Morgan fingerprint density at radius 3 is 2.10 bits per heavy atom. The largest absolute Gasteiger partial charge is 0.493 e. The number of piperidine rings is 1. The lowest BCUT2D eigenvalue weighted by Gasteiger charge is -2.29. The van der Waals surface area contributed by atoms with Crippen LogP contribution >= 0.6 is 0 Å². The average Bonchev–Trinajstić information content (AvgIpc) is 2.94. The van der Waals surface area contributed by atoms with E-state index in [9.17, 15) is 14.4 Å². The van der Waals surface area contributed by atoms with Crippen molar-refractivity contribution in [3.63, 3.8) is 0 Å². The van der Waals surface area contributed by atoms with Crippen molar-refractivity contribution < 1.29 is 38.4 Å². The minimum absolute atomic E-state index is 0.0615. The van der Waals surface area contributed by atoms with E-state index < -0.39 is 6.09 Å². The first-order valence-electron chi connectivity index (χ1n) is 12.6. The Balaban J connectivity index is 1.56. The summed E-state index contributed by atoms with van der Waals surface area (Å²) in [5.41, 5.74) is 7.27. The molecular formula is C29H34N2O8. The number of hydrogen-bond acceptors (Lipinski definition) is 9. The van der Waals surface area contributed by atoms with E-state index in [0.717, 1.165) is 12.8 Å². The highest BCUT2D eigenvalue weighted by molar-refractivity contribution is 6.10. The van der Waals surface area contributed by atoms with Crippen LogP contribution in [0.25, 0.3) is 12.2 Å². The molecule has 0 spiro atoms. The normalized spacial score (nSPS) is 15.4. The van der Waals surface area contributed by atoms with E-state index in [0.29, 0.717) is 41.5 Å². The highest BCUT2D eigenvalue weighted by Crippen LogP contribution is 2.30. The summed E-state index contributed by atoms with van der Waals surface area (Å²) >= 11 is 0. The first-order chi connectivity index (χ1) is 18.8. The van der Waals surface area contributed by atoms with Crippen molar-refractivity contribution in [2.75, 3.05) is 40.5 Å². The lowest BCUT2D eigenvalue weighted by molar-refractivity contribution is -0.121. The topological polar surface area (TPSA) is 138 Å². The Morgan fingerprint density at radius 2 is 1.54 bits per heavy atom. The number of ketones is 2. The number of hydrogen-bond donors (Lipinski definition) is 2. The summed E-state index contributed by atoms with van der Waals surface area (Å²) in [6.45, 7) is 1.05. The van der Waals surface area contributed by atoms with Gasteiger partial charge >= 0.3 is 6.09 Å². The third-order valence-corrected chi connectivity index (χ3v) is 5.91. The van der Waals surface area contributed by atoms with Crippen molar-refractivity contribution in [2.45, 2.75) is 25.3 Å². The van der Waals surface area contributed by atoms with Crippen LogP contribution in [0.1, 0.15) is 30.4 Å². The van der Waals surface area contributed by atoms with E-state index >= 15 is 0 Å². The van der Waals surface area contributed by atoms with Gasteiger partial charge in [0.15, 0.2) is 34.6 Å². The number of methoxy groups -OCH3 is 2. The second-order valence-electron chi connectivity index (χ2n) is 8.89. The summed E-state index contributed by atoms with van der Waals surface area (Å²) in [6, 6.07) is 9.94. The van der Waals surface area contributed by atoms with Crippen molar-refractivity contribution in [3.8, 4) is 23.0 Å². The number of aliphatic hydroxyl groups is 1. The minimum Gasteiger partial charge on any atom is -0.493 e. The zero-order valence-corrected chi connectivity index (χ0v) is 22.1. The van der Waals surface area contributed by atoms with Gasteiger partial charge in [-0.1, -0.05) is 24.3 Å². The lowest BCUT2D eigenvalue weighted by Crippen LogP contribution is -2.46. The first-order valence-corrected chi connectivity index (χ1v) is 12.6. The minimum atomic E-state index is -0.488. The Hall–Kier alpha value is -4.15. The van der Waals surface area contributed by atoms with Crippen LogP contribution in [-0.2, 0) is 9.59 Å². The van der Waals surface area contributed by atoms with Crippen molar-refractivity contribution in [2.24, 2.45) is 5.73 Å². The fourth-order valence-corrected chi connectivity index (χ4v) is 3.94. The van der Waals surface area contributed by atoms with Crippen LogP contribution < -0.4 is 24.7 Å². The molecule has 1 aliphatic rings. The van der Waals surface area contributed by atoms with Crippen LogP contribution in [-0.4, -0.2) is 74.2 Å². The molecule has 1 aliphatic heterocycles. The Bertz CT molecular complexity index is 1220. The number of nitrogens with two attached hydrogens (primary N) is 1. The first kappa shape index (κ1) is 29.4. The number of allylic oxidation sites excluding steroid dienone is 2.